The largest absolute Gasteiger partial charge is 0.495 e. The lowest BCUT2D eigenvalue weighted by Crippen LogP contribution is -2.34. The lowest BCUT2D eigenvalue weighted by molar-refractivity contribution is 0.393. The van der Waals surface area contributed by atoms with Crippen molar-refractivity contribution >= 4 is 38.1 Å². The fourth-order valence-electron chi connectivity index (χ4n) is 2.40. The smallest absolute Gasteiger partial charge is 0.246 e. The number of anilines is 1. The third-order valence-corrected chi connectivity index (χ3v) is 6.98. The van der Waals surface area contributed by atoms with Crippen LogP contribution in [0.2, 0.25) is 0 Å². The molecule has 1 saturated heterocycles. The number of rotatable bonds is 6. The normalized spacial score (nSPS) is 16.6. The van der Waals surface area contributed by atoms with E-state index in [0.717, 1.165) is 13.0 Å². The Morgan fingerprint density at radius 1 is 1.20 bits per heavy atom. The molecule has 1 heterocycles. The highest BCUT2D eigenvalue weighted by Gasteiger charge is 2.28. The molecule has 0 spiro atoms. The van der Waals surface area contributed by atoms with Crippen LogP contribution in [-0.4, -0.2) is 60.2 Å². The van der Waals surface area contributed by atoms with Gasteiger partial charge in [0, 0.05) is 25.7 Å². The average molecular weight is 414 g/mol. The summed E-state index contributed by atoms with van der Waals surface area (Å²) in [6, 6.07) is 4.19. The van der Waals surface area contributed by atoms with Crippen LogP contribution in [0.4, 0.5) is 5.69 Å². The fraction of sp³-hybridized carbons (Fsp3) is 0.571. The van der Waals surface area contributed by atoms with Crippen LogP contribution in [0.5, 0.6) is 5.75 Å². The van der Waals surface area contributed by atoms with Crippen molar-refractivity contribution in [3.8, 4) is 5.75 Å². The lowest BCUT2D eigenvalue weighted by Gasteiger charge is -2.21. The van der Waals surface area contributed by atoms with Gasteiger partial charge in [0.15, 0.2) is 0 Å². The molecule has 11 heteroatoms. The number of hydrogen-bond acceptors (Lipinski definition) is 6. The molecule has 1 aliphatic rings. The van der Waals surface area contributed by atoms with Crippen molar-refractivity contribution in [3.05, 3.63) is 18.2 Å². The average Bonchev–Trinajstić information content (AvgIpc) is 2.84. The Hall–Kier alpha value is -1.07. The van der Waals surface area contributed by atoms with Crippen molar-refractivity contribution in [1.82, 2.24) is 9.62 Å². The first-order chi connectivity index (χ1) is 11.3. The molecule has 1 aliphatic heterocycles. The Labute approximate surface area is 155 Å². The van der Waals surface area contributed by atoms with E-state index in [9.17, 15) is 16.8 Å². The SMILES string of the molecule is CCS(=O)(=O)Nc1ccc(S(=O)(=O)N2CCCNCC2)c(OC)c1.Cl. The molecule has 144 valence electrons. The molecule has 0 saturated carbocycles. The number of benzene rings is 1. The van der Waals surface area contributed by atoms with Crippen LogP contribution < -0.4 is 14.8 Å². The van der Waals surface area contributed by atoms with E-state index in [2.05, 4.69) is 10.0 Å². The van der Waals surface area contributed by atoms with Gasteiger partial charge in [-0.2, -0.15) is 4.31 Å². The lowest BCUT2D eigenvalue weighted by atomic mass is 10.3. The van der Waals surface area contributed by atoms with Gasteiger partial charge in [-0.25, -0.2) is 16.8 Å². The summed E-state index contributed by atoms with van der Waals surface area (Å²) in [7, 11) is -5.79. The predicted molar refractivity (Wildman–Crippen MR) is 99.6 cm³/mol. The molecule has 0 radical (unpaired) electrons. The number of sulfonamides is 2. The summed E-state index contributed by atoms with van der Waals surface area (Å²) in [5.41, 5.74) is 0.269. The summed E-state index contributed by atoms with van der Waals surface area (Å²) in [5, 5.41) is 3.16. The molecule has 2 N–H and O–H groups in total. The van der Waals surface area contributed by atoms with Gasteiger partial charge in [0.25, 0.3) is 0 Å². The van der Waals surface area contributed by atoms with Crippen molar-refractivity contribution in [1.29, 1.82) is 0 Å². The summed E-state index contributed by atoms with van der Waals surface area (Å²) in [6.07, 6.45) is 0.732. The van der Waals surface area contributed by atoms with Gasteiger partial charge in [-0.15, -0.1) is 12.4 Å². The van der Waals surface area contributed by atoms with Gasteiger partial charge in [0.05, 0.1) is 18.6 Å². The maximum absolute atomic E-state index is 12.9. The molecule has 1 fully saturated rings. The first kappa shape index (κ1) is 22.0. The molecular formula is C14H24ClN3O5S2. The standard InChI is InChI=1S/C14H23N3O5S2.ClH/c1-3-23(18,19)16-12-5-6-14(13(11-12)22-2)24(20,21)17-9-4-7-15-8-10-17;/h5-6,11,15-16H,3-4,7-10H2,1-2H3;1H. The zero-order valence-electron chi connectivity index (χ0n) is 14.2. The molecule has 1 aromatic carbocycles. The van der Waals surface area contributed by atoms with Gasteiger partial charge in [-0.05, 0) is 32.0 Å². The van der Waals surface area contributed by atoms with Crippen LogP contribution in [0.25, 0.3) is 0 Å². The highest BCUT2D eigenvalue weighted by molar-refractivity contribution is 7.92. The number of hydrogen-bond donors (Lipinski definition) is 2. The highest BCUT2D eigenvalue weighted by atomic mass is 35.5. The molecule has 0 bridgehead atoms. The zero-order valence-corrected chi connectivity index (χ0v) is 16.6. The van der Waals surface area contributed by atoms with E-state index in [1.165, 1.54) is 36.5 Å². The highest BCUT2D eigenvalue weighted by Crippen LogP contribution is 2.30. The predicted octanol–water partition coefficient (Wildman–Crippen LogP) is 0.863. The van der Waals surface area contributed by atoms with Crippen molar-refractivity contribution < 1.29 is 21.6 Å². The fourth-order valence-corrected chi connectivity index (χ4v) is 4.64. The number of halogens is 1. The summed E-state index contributed by atoms with van der Waals surface area (Å²) < 4.78 is 58.0. The summed E-state index contributed by atoms with van der Waals surface area (Å²) in [6.45, 7) is 3.71. The minimum absolute atomic E-state index is 0. The van der Waals surface area contributed by atoms with Gasteiger partial charge < -0.3 is 10.1 Å². The number of ether oxygens (including phenoxy) is 1. The molecule has 8 nitrogen and oxygen atoms in total. The van der Waals surface area contributed by atoms with Crippen LogP contribution >= 0.6 is 12.4 Å². The third-order valence-electron chi connectivity index (χ3n) is 3.73. The Morgan fingerprint density at radius 3 is 2.56 bits per heavy atom. The molecule has 0 aromatic heterocycles. The van der Waals surface area contributed by atoms with E-state index in [1.807, 2.05) is 0 Å². The van der Waals surface area contributed by atoms with E-state index in [4.69, 9.17) is 4.74 Å². The van der Waals surface area contributed by atoms with E-state index >= 15 is 0 Å². The molecular weight excluding hydrogens is 390 g/mol. The van der Waals surface area contributed by atoms with Gasteiger partial charge in [-0.3, -0.25) is 4.72 Å². The number of nitrogens with one attached hydrogen (secondary N) is 2. The quantitative estimate of drug-likeness (QED) is 0.716. The maximum atomic E-state index is 12.9. The first-order valence-electron chi connectivity index (χ1n) is 7.69. The molecule has 25 heavy (non-hydrogen) atoms. The Kier molecular flexibility index (Phi) is 7.94. The second kappa shape index (κ2) is 9.04. The minimum Gasteiger partial charge on any atom is -0.495 e. The maximum Gasteiger partial charge on any atom is 0.246 e. The number of methoxy groups -OCH3 is 1. The van der Waals surface area contributed by atoms with E-state index in [0.29, 0.717) is 19.6 Å². The topological polar surface area (TPSA) is 105 Å². The van der Waals surface area contributed by atoms with E-state index < -0.39 is 20.0 Å². The van der Waals surface area contributed by atoms with E-state index in [1.54, 1.807) is 0 Å². The summed E-state index contributed by atoms with van der Waals surface area (Å²) in [4.78, 5) is 0.0337. The minimum atomic E-state index is -3.70. The molecule has 1 aromatic rings. The Balaban J connectivity index is 0.00000312. The second-order valence-electron chi connectivity index (χ2n) is 5.38. The molecule has 0 atom stereocenters. The Bertz CT molecular complexity index is 776. The van der Waals surface area contributed by atoms with Crippen LogP contribution in [0.15, 0.2) is 23.1 Å². The molecule has 0 aliphatic carbocycles. The van der Waals surface area contributed by atoms with Crippen LogP contribution in [0, 0.1) is 0 Å². The van der Waals surface area contributed by atoms with Crippen LogP contribution in [0.1, 0.15) is 13.3 Å². The number of nitrogens with zero attached hydrogens (tertiary/aromatic N) is 1. The van der Waals surface area contributed by atoms with Gasteiger partial charge in [0.2, 0.25) is 20.0 Å². The van der Waals surface area contributed by atoms with Gasteiger partial charge in [0.1, 0.15) is 10.6 Å². The second-order valence-corrected chi connectivity index (χ2v) is 9.30. The monoisotopic (exact) mass is 413 g/mol. The van der Waals surface area contributed by atoms with Crippen molar-refractivity contribution in [2.75, 3.05) is 43.8 Å². The first-order valence-corrected chi connectivity index (χ1v) is 10.8. The van der Waals surface area contributed by atoms with Crippen molar-refractivity contribution in [2.24, 2.45) is 0 Å². The summed E-state index contributed by atoms with van der Waals surface area (Å²) >= 11 is 0. The van der Waals surface area contributed by atoms with Crippen LogP contribution in [-0.2, 0) is 20.0 Å². The van der Waals surface area contributed by atoms with E-state index in [-0.39, 0.29) is 34.5 Å². The molecule has 0 amide bonds. The van der Waals surface area contributed by atoms with Crippen molar-refractivity contribution in [2.45, 2.75) is 18.2 Å². The zero-order chi connectivity index (χ0) is 17.8. The Morgan fingerprint density at radius 2 is 1.92 bits per heavy atom. The van der Waals surface area contributed by atoms with Gasteiger partial charge >= 0.3 is 0 Å². The molecule has 0 unspecified atom stereocenters. The van der Waals surface area contributed by atoms with Crippen LogP contribution in [0.3, 0.4) is 0 Å². The van der Waals surface area contributed by atoms with Crippen molar-refractivity contribution in [3.63, 3.8) is 0 Å². The van der Waals surface area contributed by atoms with Gasteiger partial charge in [-0.1, -0.05) is 0 Å². The molecule has 2 rings (SSSR count). The third kappa shape index (κ3) is 5.45. The summed E-state index contributed by atoms with van der Waals surface area (Å²) in [5.74, 6) is 0.0411.